The summed E-state index contributed by atoms with van der Waals surface area (Å²) in [5.41, 5.74) is 0. The molecule has 25 heavy (non-hydrogen) atoms. The van der Waals surface area contributed by atoms with E-state index in [1.54, 1.807) is 16.2 Å². The molecule has 1 saturated carbocycles. The molecule has 3 rings (SSSR count). The van der Waals surface area contributed by atoms with Crippen molar-refractivity contribution in [2.24, 2.45) is 0 Å². The van der Waals surface area contributed by atoms with Crippen molar-refractivity contribution < 1.29 is 9.59 Å². The van der Waals surface area contributed by atoms with Gasteiger partial charge in [0.05, 0.1) is 6.04 Å². The number of nitrogens with one attached hydrogen (secondary N) is 1. The van der Waals surface area contributed by atoms with Crippen LogP contribution in [0.5, 0.6) is 0 Å². The number of carbonyl (C=O) groups is 2. The van der Waals surface area contributed by atoms with Crippen LogP contribution in [0.3, 0.4) is 0 Å². The van der Waals surface area contributed by atoms with Gasteiger partial charge in [0.25, 0.3) is 0 Å². The third-order valence-electron chi connectivity index (χ3n) is 5.25. The van der Waals surface area contributed by atoms with Gasteiger partial charge in [-0.1, -0.05) is 18.9 Å². The van der Waals surface area contributed by atoms with Crippen LogP contribution in [-0.4, -0.2) is 73.0 Å². The summed E-state index contributed by atoms with van der Waals surface area (Å²) in [4.78, 5) is 31.9. The highest BCUT2D eigenvalue weighted by Gasteiger charge is 2.33. The Labute approximate surface area is 153 Å². The monoisotopic (exact) mass is 364 g/mol. The van der Waals surface area contributed by atoms with Gasteiger partial charge in [-0.15, -0.1) is 11.3 Å². The average molecular weight is 365 g/mol. The summed E-state index contributed by atoms with van der Waals surface area (Å²) in [6, 6.07) is 4.53. The van der Waals surface area contributed by atoms with Crippen LogP contribution in [0.15, 0.2) is 17.5 Å². The van der Waals surface area contributed by atoms with Gasteiger partial charge in [0, 0.05) is 30.6 Å². The molecular formula is C18H28N4O2S. The molecule has 1 aromatic heterocycles. The molecule has 1 atom stereocenters. The third kappa shape index (κ3) is 4.33. The van der Waals surface area contributed by atoms with Crippen LogP contribution in [0.2, 0.25) is 0 Å². The molecule has 138 valence electrons. The van der Waals surface area contributed by atoms with Gasteiger partial charge in [-0.05, 0) is 38.4 Å². The largest absolute Gasteiger partial charge is 0.336 e. The van der Waals surface area contributed by atoms with Crippen molar-refractivity contribution in [1.82, 2.24) is 20.0 Å². The fourth-order valence-corrected chi connectivity index (χ4v) is 4.70. The van der Waals surface area contributed by atoms with Crippen molar-refractivity contribution in [3.05, 3.63) is 22.4 Å². The van der Waals surface area contributed by atoms with E-state index in [0.717, 1.165) is 12.8 Å². The highest BCUT2D eigenvalue weighted by molar-refractivity contribution is 7.10. The van der Waals surface area contributed by atoms with Gasteiger partial charge in [0.15, 0.2) is 0 Å². The summed E-state index contributed by atoms with van der Waals surface area (Å²) in [6.45, 7) is 2.04. The minimum atomic E-state index is -0.136. The highest BCUT2D eigenvalue weighted by Crippen LogP contribution is 2.25. The lowest BCUT2D eigenvalue weighted by molar-refractivity contribution is -0.137. The number of amides is 3. The minimum absolute atomic E-state index is 0.0933. The van der Waals surface area contributed by atoms with Gasteiger partial charge >= 0.3 is 6.03 Å². The Morgan fingerprint density at radius 3 is 2.72 bits per heavy atom. The fourth-order valence-electron chi connectivity index (χ4n) is 3.78. The lowest BCUT2D eigenvalue weighted by atomic mass is 10.1. The molecule has 0 aromatic carbocycles. The Kier molecular flexibility index (Phi) is 5.96. The lowest BCUT2D eigenvalue weighted by Crippen LogP contribution is -2.57. The van der Waals surface area contributed by atoms with Gasteiger partial charge in [0.1, 0.15) is 6.54 Å². The second kappa shape index (κ2) is 8.19. The molecule has 1 aliphatic heterocycles. The predicted octanol–water partition coefficient (Wildman–Crippen LogP) is 2.15. The number of hydrogen-bond acceptors (Lipinski definition) is 4. The zero-order chi connectivity index (χ0) is 17.8. The van der Waals surface area contributed by atoms with Crippen molar-refractivity contribution in [1.29, 1.82) is 0 Å². The van der Waals surface area contributed by atoms with E-state index in [1.165, 1.54) is 17.7 Å². The summed E-state index contributed by atoms with van der Waals surface area (Å²) >= 11 is 1.69. The molecule has 0 spiro atoms. The Bertz CT molecular complexity index is 584. The zero-order valence-electron chi connectivity index (χ0n) is 15.1. The van der Waals surface area contributed by atoms with Crippen molar-refractivity contribution in [2.75, 3.05) is 40.3 Å². The topological polar surface area (TPSA) is 55.9 Å². The van der Waals surface area contributed by atoms with E-state index in [9.17, 15) is 9.59 Å². The molecule has 0 radical (unpaired) electrons. The number of hydrogen-bond donors (Lipinski definition) is 1. The number of urea groups is 1. The number of rotatable bonds is 5. The molecule has 3 amide bonds. The molecule has 2 fully saturated rings. The SMILES string of the molecule is CN(C)C(CNC(=O)N1CCN(C2CCCC2)C(=O)C1)c1cccs1. The number of piperazine rings is 1. The standard InChI is InChI=1S/C18H28N4O2S/c1-20(2)15(16-8-5-11-25-16)12-19-18(24)21-9-10-22(17(23)13-21)14-6-3-4-7-14/h5,8,11,14-15H,3-4,6-7,9-10,12-13H2,1-2H3,(H,19,24). The summed E-state index contributed by atoms with van der Waals surface area (Å²) in [5, 5.41) is 5.06. The van der Waals surface area contributed by atoms with Crippen LogP contribution < -0.4 is 5.32 Å². The Hall–Kier alpha value is -1.60. The van der Waals surface area contributed by atoms with Crippen LogP contribution >= 0.6 is 11.3 Å². The van der Waals surface area contributed by atoms with Gasteiger partial charge in [-0.25, -0.2) is 4.79 Å². The summed E-state index contributed by atoms with van der Waals surface area (Å²) in [7, 11) is 4.03. The van der Waals surface area contributed by atoms with E-state index < -0.39 is 0 Å². The predicted molar refractivity (Wildman–Crippen MR) is 99.7 cm³/mol. The third-order valence-corrected chi connectivity index (χ3v) is 6.23. The first-order valence-electron chi connectivity index (χ1n) is 9.08. The molecule has 0 bridgehead atoms. The molecule has 1 unspecified atom stereocenters. The van der Waals surface area contributed by atoms with Crippen LogP contribution in [0.25, 0.3) is 0 Å². The van der Waals surface area contributed by atoms with Gasteiger partial charge in [-0.2, -0.15) is 0 Å². The smallest absolute Gasteiger partial charge is 0.317 e. The number of thiophene rings is 1. The second-order valence-corrected chi connectivity index (χ2v) is 8.11. The van der Waals surface area contributed by atoms with Crippen LogP contribution in [0.4, 0.5) is 4.79 Å². The Morgan fingerprint density at radius 1 is 1.36 bits per heavy atom. The van der Waals surface area contributed by atoms with Crippen molar-refractivity contribution in [2.45, 2.75) is 37.8 Å². The van der Waals surface area contributed by atoms with E-state index >= 15 is 0 Å². The molecular weight excluding hydrogens is 336 g/mol. The highest BCUT2D eigenvalue weighted by atomic mass is 32.1. The summed E-state index contributed by atoms with van der Waals surface area (Å²) in [6.07, 6.45) is 4.66. The summed E-state index contributed by atoms with van der Waals surface area (Å²) < 4.78 is 0. The number of nitrogens with zero attached hydrogens (tertiary/aromatic N) is 3. The maximum Gasteiger partial charge on any atom is 0.317 e. The molecule has 2 aliphatic rings. The molecule has 1 N–H and O–H groups in total. The maximum absolute atomic E-state index is 12.5. The molecule has 1 aromatic rings. The first-order valence-corrected chi connectivity index (χ1v) is 9.96. The minimum Gasteiger partial charge on any atom is -0.336 e. The van der Waals surface area contributed by atoms with E-state index in [1.807, 2.05) is 25.1 Å². The van der Waals surface area contributed by atoms with Crippen molar-refractivity contribution in [3.63, 3.8) is 0 Å². The zero-order valence-corrected chi connectivity index (χ0v) is 15.9. The number of likely N-dealkylation sites (N-methyl/N-ethyl adjacent to an activating group) is 1. The van der Waals surface area contributed by atoms with Crippen LogP contribution in [-0.2, 0) is 4.79 Å². The normalized spacial score (nSPS) is 20.4. The number of carbonyl (C=O) groups excluding carboxylic acids is 2. The van der Waals surface area contributed by atoms with E-state index in [2.05, 4.69) is 21.7 Å². The van der Waals surface area contributed by atoms with E-state index in [4.69, 9.17) is 0 Å². The quantitative estimate of drug-likeness (QED) is 0.871. The van der Waals surface area contributed by atoms with Crippen molar-refractivity contribution >= 4 is 23.3 Å². The Balaban J connectivity index is 1.51. The maximum atomic E-state index is 12.5. The fraction of sp³-hybridized carbons (Fsp3) is 0.667. The molecule has 6 nitrogen and oxygen atoms in total. The van der Waals surface area contributed by atoms with Crippen LogP contribution in [0, 0.1) is 0 Å². The molecule has 2 heterocycles. The molecule has 7 heteroatoms. The molecule has 1 aliphatic carbocycles. The average Bonchev–Trinajstić information content (AvgIpc) is 3.28. The molecule has 1 saturated heterocycles. The Morgan fingerprint density at radius 2 is 2.12 bits per heavy atom. The second-order valence-electron chi connectivity index (χ2n) is 7.13. The van der Waals surface area contributed by atoms with Gasteiger partial charge < -0.3 is 20.0 Å². The van der Waals surface area contributed by atoms with E-state index in [-0.39, 0.29) is 24.5 Å². The lowest BCUT2D eigenvalue weighted by Gasteiger charge is -2.38. The summed E-state index contributed by atoms with van der Waals surface area (Å²) in [5.74, 6) is 0.0933. The van der Waals surface area contributed by atoms with Crippen molar-refractivity contribution in [3.8, 4) is 0 Å². The van der Waals surface area contributed by atoms with Crippen LogP contribution in [0.1, 0.15) is 36.6 Å². The van der Waals surface area contributed by atoms with E-state index in [0.29, 0.717) is 25.7 Å². The first kappa shape index (κ1) is 18.2. The van der Waals surface area contributed by atoms with Gasteiger partial charge in [-0.3, -0.25) is 4.79 Å². The van der Waals surface area contributed by atoms with Gasteiger partial charge in [0.2, 0.25) is 5.91 Å². The first-order chi connectivity index (χ1) is 12.1.